The second kappa shape index (κ2) is 7.87. The summed E-state index contributed by atoms with van der Waals surface area (Å²) in [5.74, 6) is 0.894. The van der Waals surface area contributed by atoms with Gasteiger partial charge in [-0.2, -0.15) is 0 Å². The van der Waals surface area contributed by atoms with Crippen molar-refractivity contribution in [1.82, 2.24) is 15.3 Å². The molecule has 23 heavy (non-hydrogen) atoms. The van der Waals surface area contributed by atoms with Crippen LogP contribution in [0.1, 0.15) is 16.8 Å². The van der Waals surface area contributed by atoms with Crippen molar-refractivity contribution < 1.29 is 9.53 Å². The molecule has 0 saturated carbocycles. The Morgan fingerprint density at radius 2 is 2.09 bits per heavy atom. The summed E-state index contributed by atoms with van der Waals surface area (Å²) in [4.78, 5) is 20.2. The van der Waals surface area contributed by atoms with Crippen LogP contribution < -0.4 is 10.1 Å². The van der Waals surface area contributed by atoms with Crippen LogP contribution in [0, 0.1) is 0 Å². The summed E-state index contributed by atoms with van der Waals surface area (Å²) >= 11 is 0. The molecule has 1 heterocycles. The van der Waals surface area contributed by atoms with Crippen molar-refractivity contribution >= 4 is 14.0 Å². The zero-order valence-electron chi connectivity index (χ0n) is 13.9. The first-order chi connectivity index (χ1) is 10.9. The number of benzene rings is 1. The maximum atomic E-state index is 12.2. The third kappa shape index (κ3) is 6.20. The summed E-state index contributed by atoms with van der Waals surface area (Å²) in [5, 5.41) is 2.96. The molecule has 0 spiro atoms. The van der Waals surface area contributed by atoms with Crippen molar-refractivity contribution in [3.05, 3.63) is 48.4 Å². The highest BCUT2D eigenvalue weighted by Crippen LogP contribution is 2.19. The van der Waals surface area contributed by atoms with E-state index in [0.717, 1.165) is 6.42 Å². The molecule has 6 heteroatoms. The van der Waals surface area contributed by atoms with Crippen molar-refractivity contribution in [2.24, 2.45) is 0 Å². The molecule has 1 amide bonds. The molecule has 0 aliphatic rings. The second-order valence-electron chi connectivity index (χ2n) is 6.59. The number of aromatic nitrogens is 2. The van der Waals surface area contributed by atoms with E-state index in [4.69, 9.17) is 4.74 Å². The first kappa shape index (κ1) is 17.1. The molecule has 2 aromatic rings. The summed E-state index contributed by atoms with van der Waals surface area (Å²) in [5.41, 5.74) is 0.583. The van der Waals surface area contributed by atoms with Gasteiger partial charge in [0.2, 0.25) is 5.88 Å². The Morgan fingerprint density at radius 3 is 2.78 bits per heavy atom. The van der Waals surface area contributed by atoms with Gasteiger partial charge in [0.05, 0.1) is 6.20 Å². The first-order valence-corrected chi connectivity index (χ1v) is 11.5. The number of nitrogens with zero attached hydrogens (tertiary/aromatic N) is 2. The SMILES string of the molecule is C[Si](C)(C)CCCNC(=O)c1cccc(Oc2cnccn2)c1. The van der Waals surface area contributed by atoms with Gasteiger partial charge in [-0.15, -0.1) is 0 Å². The molecule has 0 radical (unpaired) electrons. The summed E-state index contributed by atoms with van der Waals surface area (Å²) < 4.78 is 5.59. The van der Waals surface area contributed by atoms with Crippen molar-refractivity contribution in [1.29, 1.82) is 0 Å². The zero-order valence-corrected chi connectivity index (χ0v) is 14.9. The van der Waals surface area contributed by atoms with Crippen LogP contribution in [-0.4, -0.2) is 30.5 Å². The van der Waals surface area contributed by atoms with Gasteiger partial charge >= 0.3 is 0 Å². The first-order valence-electron chi connectivity index (χ1n) is 7.76. The van der Waals surface area contributed by atoms with Crippen LogP contribution in [0.25, 0.3) is 0 Å². The lowest BCUT2D eigenvalue weighted by Gasteiger charge is -2.15. The topological polar surface area (TPSA) is 64.1 Å². The predicted molar refractivity (Wildman–Crippen MR) is 93.7 cm³/mol. The van der Waals surface area contributed by atoms with Crippen LogP contribution in [0.2, 0.25) is 25.7 Å². The van der Waals surface area contributed by atoms with E-state index >= 15 is 0 Å². The molecule has 0 bridgehead atoms. The van der Waals surface area contributed by atoms with Crippen molar-refractivity contribution in [3.8, 4) is 11.6 Å². The lowest BCUT2D eigenvalue weighted by atomic mass is 10.2. The number of hydrogen-bond donors (Lipinski definition) is 1. The van der Waals surface area contributed by atoms with Gasteiger partial charge in [-0.25, -0.2) is 4.98 Å². The third-order valence-electron chi connectivity index (χ3n) is 3.25. The fourth-order valence-electron chi connectivity index (χ4n) is 2.08. The maximum Gasteiger partial charge on any atom is 0.251 e. The van der Waals surface area contributed by atoms with E-state index in [0.29, 0.717) is 23.7 Å². The molecule has 0 fully saturated rings. The minimum atomic E-state index is -1.04. The Morgan fingerprint density at radius 1 is 1.26 bits per heavy atom. The van der Waals surface area contributed by atoms with Gasteiger partial charge in [0, 0.05) is 32.6 Å². The molecule has 1 aromatic carbocycles. The molecule has 0 atom stereocenters. The summed E-state index contributed by atoms with van der Waals surface area (Å²) in [6, 6.07) is 8.28. The zero-order chi connectivity index (χ0) is 16.7. The molecule has 0 unspecified atom stereocenters. The highest BCUT2D eigenvalue weighted by Gasteiger charge is 2.12. The normalized spacial score (nSPS) is 11.1. The van der Waals surface area contributed by atoms with E-state index in [1.165, 1.54) is 12.2 Å². The van der Waals surface area contributed by atoms with Gasteiger partial charge in [0.25, 0.3) is 5.91 Å². The average Bonchev–Trinajstić information content (AvgIpc) is 2.52. The highest BCUT2D eigenvalue weighted by atomic mass is 28.3. The Kier molecular flexibility index (Phi) is 5.87. The molecule has 0 saturated heterocycles. The Balaban J connectivity index is 1.90. The van der Waals surface area contributed by atoms with Gasteiger partial charge in [-0.3, -0.25) is 9.78 Å². The number of nitrogens with one attached hydrogen (secondary N) is 1. The summed E-state index contributed by atoms with van der Waals surface area (Å²) in [7, 11) is -1.04. The second-order valence-corrected chi connectivity index (χ2v) is 12.2. The average molecular weight is 329 g/mol. The van der Waals surface area contributed by atoms with Crippen LogP contribution >= 0.6 is 0 Å². The van der Waals surface area contributed by atoms with Crippen molar-refractivity contribution in [3.63, 3.8) is 0 Å². The molecule has 2 rings (SSSR count). The van der Waals surface area contributed by atoms with Crippen LogP contribution in [0.5, 0.6) is 11.6 Å². The Bertz CT molecular complexity index is 642. The molecule has 122 valence electrons. The van der Waals surface area contributed by atoms with Crippen molar-refractivity contribution in [2.45, 2.75) is 32.1 Å². The number of amides is 1. The third-order valence-corrected chi connectivity index (χ3v) is 5.10. The van der Waals surface area contributed by atoms with Gasteiger partial charge in [-0.05, 0) is 24.6 Å². The van der Waals surface area contributed by atoms with E-state index in [2.05, 4.69) is 34.9 Å². The minimum Gasteiger partial charge on any atom is -0.437 e. The Labute approximate surface area is 138 Å². The summed E-state index contributed by atoms with van der Waals surface area (Å²) in [6.07, 6.45) is 5.70. The minimum absolute atomic E-state index is 0.0785. The number of ether oxygens (including phenoxy) is 1. The molecule has 0 aliphatic heterocycles. The number of carbonyl (C=O) groups excluding carboxylic acids is 1. The molecule has 5 nitrogen and oxygen atoms in total. The van der Waals surface area contributed by atoms with Gasteiger partial charge in [0.15, 0.2) is 0 Å². The lowest BCUT2D eigenvalue weighted by Crippen LogP contribution is -2.27. The maximum absolute atomic E-state index is 12.2. The van der Waals surface area contributed by atoms with Gasteiger partial charge in [0.1, 0.15) is 5.75 Å². The largest absolute Gasteiger partial charge is 0.437 e. The quantitative estimate of drug-likeness (QED) is 0.621. The monoisotopic (exact) mass is 329 g/mol. The van der Waals surface area contributed by atoms with Crippen LogP contribution in [-0.2, 0) is 0 Å². The molecule has 1 N–H and O–H groups in total. The molecule has 1 aromatic heterocycles. The van der Waals surface area contributed by atoms with E-state index in [1.807, 2.05) is 0 Å². The van der Waals surface area contributed by atoms with E-state index in [1.54, 1.807) is 36.7 Å². The molecular formula is C17H23N3O2Si. The van der Waals surface area contributed by atoms with Gasteiger partial charge < -0.3 is 10.1 Å². The van der Waals surface area contributed by atoms with Crippen LogP contribution in [0.4, 0.5) is 0 Å². The lowest BCUT2D eigenvalue weighted by molar-refractivity contribution is 0.0953. The van der Waals surface area contributed by atoms with E-state index in [9.17, 15) is 4.79 Å². The van der Waals surface area contributed by atoms with Gasteiger partial charge in [-0.1, -0.05) is 31.8 Å². The van der Waals surface area contributed by atoms with Crippen LogP contribution in [0.3, 0.4) is 0 Å². The number of rotatable bonds is 7. The highest BCUT2D eigenvalue weighted by molar-refractivity contribution is 6.76. The van der Waals surface area contributed by atoms with E-state index < -0.39 is 8.07 Å². The summed E-state index contributed by atoms with van der Waals surface area (Å²) in [6.45, 7) is 7.71. The smallest absolute Gasteiger partial charge is 0.251 e. The number of carbonyl (C=O) groups is 1. The van der Waals surface area contributed by atoms with Crippen LogP contribution in [0.15, 0.2) is 42.9 Å². The van der Waals surface area contributed by atoms with E-state index in [-0.39, 0.29) is 5.91 Å². The van der Waals surface area contributed by atoms with Crippen molar-refractivity contribution in [2.75, 3.05) is 6.54 Å². The number of hydrogen-bond acceptors (Lipinski definition) is 4. The fourth-order valence-corrected chi connectivity index (χ4v) is 3.32. The molecular weight excluding hydrogens is 306 g/mol. The predicted octanol–water partition coefficient (Wildman–Crippen LogP) is 3.73. The molecule has 0 aliphatic carbocycles. The Hall–Kier alpha value is -2.21. The fraction of sp³-hybridized carbons (Fsp3) is 0.353. The standard InChI is InChI=1S/C17H23N3O2Si/c1-23(2,3)11-5-8-20-17(21)14-6-4-7-15(12-14)22-16-13-18-9-10-19-16/h4,6-7,9-10,12-13H,5,8,11H2,1-3H3,(H,20,21).